The number of rotatable bonds is 11. The molecule has 1 aliphatic heterocycles. The van der Waals surface area contributed by atoms with Crippen molar-refractivity contribution in [1.29, 1.82) is 0 Å². The highest BCUT2D eigenvalue weighted by molar-refractivity contribution is 7.99. The number of aromatic nitrogens is 3. The van der Waals surface area contributed by atoms with E-state index in [1.807, 2.05) is 48.5 Å². The number of carbonyl (C=O) groups is 2. The predicted octanol–water partition coefficient (Wildman–Crippen LogP) is 4.24. The zero-order valence-corrected chi connectivity index (χ0v) is 25.1. The van der Waals surface area contributed by atoms with Crippen LogP contribution >= 0.6 is 11.8 Å². The minimum atomic E-state index is -0.266. The molecule has 12 heteroatoms. The minimum absolute atomic E-state index is 0.105. The molecule has 0 saturated carbocycles. The number of thioether (sulfide) groups is 1. The van der Waals surface area contributed by atoms with E-state index in [1.165, 1.54) is 11.8 Å². The van der Waals surface area contributed by atoms with Gasteiger partial charge in [0.15, 0.2) is 11.0 Å². The fourth-order valence-electron chi connectivity index (χ4n) is 4.63. The van der Waals surface area contributed by atoms with Crippen molar-refractivity contribution in [2.75, 3.05) is 27.1 Å². The largest absolute Gasteiger partial charge is 0.497 e. The number of carbonyl (C=O) groups excluding carboxylic acids is 2. The van der Waals surface area contributed by atoms with Crippen molar-refractivity contribution in [2.24, 2.45) is 12.1 Å². The van der Waals surface area contributed by atoms with Gasteiger partial charge < -0.3 is 24.1 Å². The quantitative estimate of drug-likeness (QED) is 0.254. The predicted molar refractivity (Wildman–Crippen MR) is 163 cm³/mol. The van der Waals surface area contributed by atoms with Crippen LogP contribution in [0.3, 0.4) is 0 Å². The lowest BCUT2D eigenvalue weighted by Gasteiger charge is -2.22. The van der Waals surface area contributed by atoms with Crippen LogP contribution < -0.4 is 19.5 Å². The molecule has 0 spiro atoms. The fourth-order valence-corrected chi connectivity index (χ4v) is 5.41. The Labute approximate surface area is 253 Å². The van der Waals surface area contributed by atoms with Gasteiger partial charge in [-0.2, -0.15) is 5.10 Å². The van der Waals surface area contributed by atoms with Crippen LogP contribution in [0, 0.1) is 0 Å². The van der Waals surface area contributed by atoms with Gasteiger partial charge in [0, 0.05) is 19.0 Å². The third-order valence-electron chi connectivity index (χ3n) is 7.08. The number of nitrogens with one attached hydrogen (secondary N) is 1. The zero-order valence-electron chi connectivity index (χ0n) is 24.3. The van der Waals surface area contributed by atoms with Crippen molar-refractivity contribution in [3.05, 3.63) is 95.3 Å². The van der Waals surface area contributed by atoms with E-state index in [0.717, 1.165) is 28.3 Å². The lowest BCUT2D eigenvalue weighted by atomic mass is 9.98. The highest BCUT2D eigenvalue weighted by atomic mass is 32.2. The molecule has 0 fully saturated rings. The monoisotopic (exact) mass is 600 g/mol. The maximum Gasteiger partial charge on any atom is 0.253 e. The minimum Gasteiger partial charge on any atom is -0.497 e. The molecular formula is C31H32N6O5S. The molecule has 2 amide bonds. The van der Waals surface area contributed by atoms with Crippen molar-refractivity contribution in [3.8, 4) is 17.2 Å². The van der Waals surface area contributed by atoms with Crippen LogP contribution in [0.25, 0.3) is 0 Å². The molecule has 3 aromatic carbocycles. The van der Waals surface area contributed by atoms with Gasteiger partial charge in [-0.05, 0) is 65.7 Å². The van der Waals surface area contributed by atoms with Crippen molar-refractivity contribution < 1.29 is 23.8 Å². The van der Waals surface area contributed by atoms with Crippen LogP contribution in [0.1, 0.15) is 39.8 Å². The third kappa shape index (κ3) is 6.81. The van der Waals surface area contributed by atoms with Gasteiger partial charge in [0.1, 0.15) is 17.2 Å². The van der Waals surface area contributed by atoms with Crippen molar-refractivity contribution in [3.63, 3.8) is 0 Å². The van der Waals surface area contributed by atoms with Crippen LogP contribution in [0.15, 0.2) is 83.1 Å². The second-order valence-corrected chi connectivity index (χ2v) is 10.6. The first-order valence-corrected chi connectivity index (χ1v) is 14.5. The Balaban J connectivity index is 1.27. The summed E-state index contributed by atoms with van der Waals surface area (Å²) >= 11 is 1.27. The molecule has 43 heavy (non-hydrogen) atoms. The average Bonchev–Trinajstić information content (AvgIpc) is 3.66. The Hall–Kier alpha value is -4.84. The summed E-state index contributed by atoms with van der Waals surface area (Å²) in [6.45, 7) is 0.176. The number of amides is 2. The summed E-state index contributed by atoms with van der Waals surface area (Å²) in [6.07, 6.45) is 0.566. The van der Waals surface area contributed by atoms with E-state index in [9.17, 15) is 9.59 Å². The van der Waals surface area contributed by atoms with Gasteiger partial charge in [-0.25, -0.2) is 5.01 Å². The number of benzene rings is 3. The van der Waals surface area contributed by atoms with Crippen molar-refractivity contribution in [1.82, 2.24) is 25.1 Å². The number of ether oxygens (including phenoxy) is 3. The van der Waals surface area contributed by atoms with Gasteiger partial charge in [0.05, 0.1) is 45.4 Å². The lowest BCUT2D eigenvalue weighted by Crippen LogP contribution is -2.28. The molecule has 1 aromatic heterocycles. The number of hydrazone groups is 1. The van der Waals surface area contributed by atoms with Crippen molar-refractivity contribution in [2.45, 2.75) is 24.2 Å². The molecule has 5 rings (SSSR count). The molecule has 0 radical (unpaired) electrons. The molecule has 1 N–H and O–H groups in total. The molecule has 1 aliphatic rings. The Morgan fingerprint density at radius 3 is 2.26 bits per heavy atom. The third-order valence-corrected chi connectivity index (χ3v) is 8.08. The summed E-state index contributed by atoms with van der Waals surface area (Å²) in [5, 5.41) is 18.2. The van der Waals surface area contributed by atoms with E-state index in [0.29, 0.717) is 28.7 Å². The summed E-state index contributed by atoms with van der Waals surface area (Å²) in [7, 11) is 6.60. The molecule has 0 saturated heterocycles. The Morgan fingerprint density at radius 2 is 1.58 bits per heavy atom. The van der Waals surface area contributed by atoms with Crippen LogP contribution in [-0.4, -0.2) is 64.4 Å². The number of methoxy groups -OCH3 is 3. The van der Waals surface area contributed by atoms with E-state index >= 15 is 0 Å². The number of hydrogen-bond acceptors (Lipinski definition) is 9. The van der Waals surface area contributed by atoms with Crippen LogP contribution in [0.5, 0.6) is 17.2 Å². The normalized spacial score (nSPS) is 14.3. The summed E-state index contributed by atoms with van der Waals surface area (Å²) in [6, 6.07) is 22.0. The highest BCUT2D eigenvalue weighted by Gasteiger charge is 2.33. The Morgan fingerprint density at radius 1 is 0.907 bits per heavy atom. The van der Waals surface area contributed by atoms with Crippen LogP contribution in [0.2, 0.25) is 0 Å². The standard InChI is InChI=1S/C31H32N6O5S/c1-36-28(18-32-30(39)22-6-5-7-25(16-22)42-4)33-34-31(36)43-19-29(38)37-27(21-10-14-24(41-3)15-11-21)17-26(35-37)20-8-12-23(40-2)13-9-20/h5-16,27H,17-19H2,1-4H3,(H,32,39)/t27-/m1/s1. The van der Waals surface area contributed by atoms with E-state index in [4.69, 9.17) is 19.3 Å². The van der Waals surface area contributed by atoms with Crippen molar-refractivity contribution >= 4 is 29.3 Å². The van der Waals surface area contributed by atoms with Gasteiger partial charge in [-0.15, -0.1) is 10.2 Å². The maximum atomic E-state index is 13.6. The smallest absolute Gasteiger partial charge is 0.253 e. The number of nitrogens with zero attached hydrogens (tertiary/aromatic N) is 5. The maximum absolute atomic E-state index is 13.6. The summed E-state index contributed by atoms with van der Waals surface area (Å²) < 4.78 is 17.6. The molecule has 0 unspecified atom stereocenters. The highest BCUT2D eigenvalue weighted by Crippen LogP contribution is 2.34. The van der Waals surface area contributed by atoms with E-state index in [2.05, 4.69) is 15.5 Å². The van der Waals surface area contributed by atoms with Gasteiger partial charge >= 0.3 is 0 Å². The summed E-state index contributed by atoms with van der Waals surface area (Å²) in [4.78, 5) is 26.2. The molecule has 11 nitrogen and oxygen atoms in total. The first kappa shape index (κ1) is 29.6. The van der Waals surface area contributed by atoms with Gasteiger partial charge in [-0.1, -0.05) is 30.0 Å². The average molecular weight is 601 g/mol. The van der Waals surface area contributed by atoms with E-state index < -0.39 is 0 Å². The molecule has 1 atom stereocenters. The Kier molecular flexibility index (Phi) is 9.26. The van der Waals surface area contributed by atoms with Crippen LogP contribution in [-0.2, 0) is 18.4 Å². The molecule has 0 bridgehead atoms. The molecule has 4 aromatic rings. The van der Waals surface area contributed by atoms with E-state index in [1.54, 1.807) is 62.2 Å². The summed E-state index contributed by atoms with van der Waals surface area (Å²) in [5.41, 5.74) is 3.18. The SMILES string of the molecule is COc1ccc(C2=NN(C(=O)CSc3nnc(CNC(=O)c4cccc(OC)c4)n3C)[C@@H](c3ccc(OC)cc3)C2)cc1. The second kappa shape index (κ2) is 13.4. The fraction of sp³-hybridized carbons (Fsp3) is 0.258. The lowest BCUT2D eigenvalue weighted by molar-refractivity contribution is -0.130. The van der Waals surface area contributed by atoms with E-state index in [-0.39, 0.29) is 30.2 Å². The zero-order chi connectivity index (χ0) is 30.3. The molecule has 222 valence electrons. The molecule has 2 heterocycles. The molecular weight excluding hydrogens is 568 g/mol. The van der Waals surface area contributed by atoms with Crippen LogP contribution in [0.4, 0.5) is 0 Å². The first-order valence-electron chi connectivity index (χ1n) is 13.5. The number of hydrogen-bond donors (Lipinski definition) is 1. The second-order valence-electron chi connectivity index (χ2n) is 9.67. The van der Waals surface area contributed by atoms with Gasteiger partial charge in [-0.3, -0.25) is 9.59 Å². The van der Waals surface area contributed by atoms with Gasteiger partial charge in [0.2, 0.25) is 0 Å². The Bertz CT molecular complexity index is 1620. The van der Waals surface area contributed by atoms with Gasteiger partial charge in [0.25, 0.3) is 11.8 Å². The molecule has 0 aliphatic carbocycles. The topological polar surface area (TPSA) is 120 Å². The first-order chi connectivity index (χ1) is 20.9. The summed E-state index contributed by atoms with van der Waals surface area (Å²) in [5.74, 6) is 2.34.